The van der Waals surface area contributed by atoms with Crippen LogP contribution in [-0.4, -0.2) is 15.0 Å². The number of rotatable bonds is 1. The van der Waals surface area contributed by atoms with Crippen molar-refractivity contribution in [2.75, 3.05) is 0 Å². The molecule has 0 N–H and O–H groups in total. The van der Waals surface area contributed by atoms with Crippen molar-refractivity contribution in [1.82, 2.24) is 15.0 Å². The second-order valence-corrected chi connectivity index (χ2v) is 4.91. The zero-order valence-corrected chi connectivity index (χ0v) is 9.66. The number of fused-ring (bicyclic) bond motifs is 1. The van der Waals surface area contributed by atoms with E-state index in [9.17, 15) is 0 Å². The maximum Gasteiger partial charge on any atom is 0.162 e. The Morgan fingerprint density at radius 2 is 2.19 bits per heavy atom. The second kappa shape index (κ2) is 3.81. The van der Waals surface area contributed by atoms with E-state index in [1.807, 2.05) is 18.2 Å². The minimum atomic E-state index is 0.680. The lowest BCUT2D eigenvalue weighted by atomic mass is 10.2. The van der Waals surface area contributed by atoms with E-state index in [1.165, 1.54) is 11.3 Å². The van der Waals surface area contributed by atoms with E-state index >= 15 is 0 Å². The molecule has 3 aromatic heterocycles. The standard InChI is InChI=1S/C11H6ClN3S/c12-9-4-8-6-14-10(15-11(8)16-9)7-2-1-3-13-5-7/h1-6H. The van der Waals surface area contributed by atoms with Crippen LogP contribution in [-0.2, 0) is 0 Å². The molecule has 0 saturated carbocycles. The summed E-state index contributed by atoms with van der Waals surface area (Å²) in [5.41, 5.74) is 0.911. The molecule has 0 radical (unpaired) electrons. The Balaban J connectivity index is 2.18. The molecule has 3 nitrogen and oxygen atoms in total. The van der Waals surface area contributed by atoms with Gasteiger partial charge in [-0.25, -0.2) is 9.97 Å². The fraction of sp³-hybridized carbons (Fsp3) is 0. The van der Waals surface area contributed by atoms with Gasteiger partial charge in [0.25, 0.3) is 0 Å². The third-order valence-electron chi connectivity index (χ3n) is 2.16. The predicted molar refractivity (Wildman–Crippen MR) is 65.7 cm³/mol. The van der Waals surface area contributed by atoms with E-state index in [0.717, 1.165) is 20.1 Å². The van der Waals surface area contributed by atoms with Crippen LogP contribution in [0.2, 0.25) is 4.34 Å². The van der Waals surface area contributed by atoms with Crippen molar-refractivity contribution in [2.45, 2.75) is 0 Å². The van der Waals surface area contributed by atoms with Crippen LogP contribution < -0.4 is 0 Å². The summed E-state index contributed by atoms with van der Waals surface area (Å²) in [4.78, 5) is 13.7. The molecular weight excluding hydrogens is 242 g/mol. The van der Waals surface area contributed by atoms with Crippen LogP contribution in [0.5, 0.6) is 0 Å². The van der Waals surface area contributed by atoms with Crippen LogP contribution in [0.15, 0.2) is 36.8 Å². The SMILES string of the molecule is Clc1cc2cnc(-c3cccnc3)nc2s1. The summed E-state index contributed by atoms with van der Waals surface area (Å²) in [6.45, 7) is 0. The highest BCUT2D eigenvalue weighted by atomic mass is 35.5. The van der Waals surface area contributed by atoms with Crippen LogP contribution in [0.25, 0.3) is 21.6 Å². The smallest absolute Gasteiger partial charge is 0.162 e. The fourth-order valence-corrected chi connectivity index (χ4v) is 2.50. The average molecular weight is 248 g/mol. The largest absolute Gasteiger partial charge is 0.264 e. The minimum absolute atomic E-state index is 0.680. The van der Waals surface area contributed by atoms with Crippen LogP contribution >= 0.6 is 22.9 Å². The van der Waals surface area contributed by atoms with E-state index in [2.05, 4.69) is 15.0 Å². The molecule has 0 saturated heterocycles. The maximum absolute atomic E-state index is 5.92. The van der Waals surface area contributed by atoms with Gasteiger partial charge in [0, 0.05) is 29.5 Å². The van der Waals surface area contributed by atoms with Gasteiger partial charge < -0.3 is 0 Å². The number of nitrogens with zero attached hydrogens (tertiary/aromatic N) is 3. The molecule has 0 aliphatic rings. The molecule has 0 atom stereocenters. The Morgan fingerprint density at radius 3 is 3.00 bits per heavy atom. The van der Waals surface area contributed by atoms with Gasteiger partial charge >= 0.3 is 0 Å². The van der Waals surface area contributed by atoms with Gasteiger partial charge in [0.2, 0.25) is 0 Å². The lowest BCUT2D eigenvalue weighted by molar-refractivity contribution is 1.21. The Bertz CT molecular complexity index is 636. The highest BCUT2D eigenvalue weighted by Crippen LogP contribution is 2.28. The van der Waals surface area contributed by atoms with Gasteiger partial charge in [-0.05, 0) is 18.2 Å². The highest BCUT2D eigenvalue weighted by Gasteiger charge is 2.05. The van der Waals surface area contributed by atoms with Crippen molar-refractivity contribution < 1.29 is 0 Å². The lowest BCUT2D eigenvalue weighted by Gasteiger charge is -1.97. The molecule has 0 amide bonds. The first-order chi connectivity index (χ1) is 7.83. The Kier molecular flexibility index (Phi) is 2.31. The molecule has 78 valence electrons. The number of halogens is 1. The monoisotopic (exact) mass is 247 g/mol. The number of hydrogen-bond acceptors (Lipinski definition) is 4. The van der Waals surface area contributed by atoms with Gasteiger partial charge in [0.15, 0.2) is 5.82 Å². The topological polar surface area (TPSA) is 38.7 Å². The van der Waals surface area contributed by atoms with Crippen molar-refractivity contribution in [3.63, 3.8) is 0 Å². The third kappa shape index (κ3) is 1.66. The van der Waals surface area contributed by atoms with E-state index in [4.69, 9.17) is 11.6 Å². The second-order valence-electron chi connectivity index (χ2n) is 3.25. The van der Waals surface area contributed by atoms with Crippen LogP contribution in [0.4, 0.5) is 0 Å². The van der Waals surface area contributed by atoms with Gasteiger partial charge in [-0.2, -0.15) is 0 Å². The molecule has 0 aliphatic carbocycles. The van der Waals surface area contributed by atoms with E-state index in [1.54, 1.807) is 18.6 Å². The molecule has 0 aliphatic heterocycles. The van der Waals surface area contributed by atoms with Gasteiger partial charge in [-0.15, -0.1) is 11.3 Å². The molecule has 16 heavy (non-hydrogen) atoms. The number of thiophene rings is 1. The fourth-order valence-electron chi connectivity index (χ4n) is 1.43. The van der Waals surface area contributed by atoms with Crippen molar-refractivity contribution in [2.24, 2.45) is 0 Å². The molecule has 0 aromatic carbocycles. The summed E-state index contributed by atoms with van der Waals surface area (Å²) in [6.07, 6.45) is 5.26. The molecule has 3 aromatic rings. The van der Waals surface area contributed by atoms with E-state index in [-0.39, 0.29) is 0 Å². The number of pyridine rings is 1. The average Bonchev–Trinajstić information content (AvgIpc) is 2.69. The Morgan fingerprint density at radius 1 is 1.25 bits per heavy atom. The van der Waals surface area contributed by atoms with Crippen LogP contribution in [0.1, 0.15) is 0 Å². The van der Waals surface area contributed by atoms with Crippen molar-refractivity contribution in [3.05, 3.63) is 41.1 Å². The predicted octanol–water partition coefficient (Wildman–Crippen LogP) is 3.41. The van der Waals surface area contributed by atoms with Gasteiger partial charge in [-0.3, -0.25) is 4.98 Å². The third-order valence-corrected chi connectivity index (χ3v) is 3.34. The number of hydrogen-bond donors (Lipinski definition) is 0. The number of aromatic nitrogens is 3. The van der Waals surface area contributed by atoms with E-state index in [0.29, 0.717) is 5.82 Å². The van der Waals surface area contributed by atoms with Crippen LogP contribution in [0.3, 0.4) is 0 Å². The summed E-state index contributed by atoms with van der Waals surface area (Å²) < 4.78 is 0.729. The maximum atomic E-state index is 5.92. The molecular formula is C11H6ClN3S. The molecule has 3 rings (SSSR count). The Hall–Kier alpha value is -1.52. The van der Waals surface area contributed by atoms with Crippen molar-refractivity contribution in [1.29, 1.82) is 0 Å². The minimum Gasteiger partial charge on any atom is -0.264 e. The van der Waals surface area contributed by atoms with Gasteiger partial charge in [0.1, 0.15) is 4.83 Å². The Labute approximate surface area is 101 Å². The first-order valence-corrected chi connectivity index (χ1v) is 5.85. The summed E-state index contributed by atoms with van der Waals surface area (Å²) >= 11 is 7.37. The first-order valence-electron chi connectivity index (χ1n) is 4.65. The van der Waals surface area contributed by atoms with E-state index < -0.39 is 0 Å². The molecule has 0 bridgehead atoms. The summed E-state index contributed by atoms with van der Waals surface area (Å²) in [6, 6.07) is 5.67. The van der Waals surface area contributed by atoms with Crippen molar-refractivity contribution in [3.8, 4) is 11.4 Å². The van der Waals surface area contributed by atoms with Crippen molar-refractivity contribution >= 4 is 33.2 Å². The lowest BCUT2D eigenvalue weighted by Crippen LogP contribution is -1.87. The summed E-state index contributed by atoms with van der Waals surface area (Å²) in [7, 11) is 0. The van der Waals surface area contributed by atoms with Gasteiger partial charge in [-0.1, -0.05) is 11.6 Å². The highest BCUT2D eigenvalue weighted by molar-refractivity contribution is 7.22. The van der Waals surface area contributed by atoms with Gasteiger partial charge in [0.05, 0.1) is 4.34 Å². The zero-order valence-electron chi connectivity index (χ0n) is 8.09. The quantitative estimate of drug-likeness (QED) is 0.662. The normalized spacial score (nSPS) is 10.8. The zero-order chi connectivity index (χ0) is 11.0. The van der Waals surface area contributed by atoms with Crippen LogP contribution in [0, 0.1) is 0 Å². The first kappa shape index (κ1) is 9.69. The summed E-state index contributed by atoms with van der Waals surface area (Å²) in [5, 5.41) is 0.975. The molecule has 3 heterocycles. The molecule has 0 fully saturated rings. The molecule has 0 spiro atoms. The summed E-state index contributed by atoms with van der Waals surface area (Å²) in [5.74, 6) is 0.680. The molecule has 0 unspecified atom stereocenters. The molecule has 5 heteroatoms.